The highest BCUT2D eigenvalue weighted by Gasteiger charge is 2.55. The van der Waals surface area contributed by atoms with Crippen molar-refractivity contribution in [2.75, 3.05) is 13.2 Å². The molecule has 1 unspecified atom stereocenters. The van der Waals surface area contributed by atoms with Crippen molar-refractivity contribution in [2.45, 2.75) is 49.9 Å². The molecule has 1 aromatic carbocycles. The Bertz CT molecular complexity index is 978. The van der Waals surface area contributed by atoms with Crippen LogP contribution in [0.3, 0.4) is 0 Å². The number of hydrogen-bond acceptors (Lipinski definition) is 7. The minimum absolute atomic E-state index is 0.0995. The molecule has 1 spiro atoms. The van der Waals surface area contributed by atoms with Crippen LogP contribution in [0.15, 0.2) is 41.9 Å². The summed E-state index contributed by atoms with van der Waals surface area (Å²) >= 11 is 0. The Balaban J connectivity index is 1.38. The number of rotatable bonds is 4. The van der Waals surface area contributed by atoms with Crippen LogP contribution in [0.2, 0.25) is 0 Å². The second-order valence-electron chi connectivity index (χ2n) is 8.98. The van der Waals surface area contributed by atoms with E-state index in [2.05, 4.69) is 22.1 Å². The van der Waals surface area contributed by atoms with Gasteiger partial charge in [-0.2, -0.15) is 0 Å². The second-order valence-corrected chi connectivity index (χ2v) is 8.98. The molecule has 2 aromatic rings. The van der Waals surface area contributed by atoms with Crippen molar-refractivity contribution in [3.63, 3.8) is 0 Å². The first-order valence-corrected chi connectivity index (χ1v) is 10.9. The highest BCUT2D eigenvalue weighted by Crippen LogP contribution is 2.53. The van der Waals surface area contributed by atoms with Gasteiger partial charge in [0.15, 0.2) is 0 Å². The first-order chi connectivity index (χ1) is 14.7. The molecular formula is C23H26N4O3. The van der Waals surface area contributed by atoms with Crippen molar-refractivity contribution >= 4 is 6.02 Å². The van der Waals surface area contributed by atoms with E-state index in [4.69, 9.17) is 24.9 Å². The van der Waals surface area contributed by atoms with Gasteiger partial charge in [0.05, 0.1) is 6.10 Å². The maximum absolute atomic E-state index is 6.48. The molecule has 156 valence electrons. The van der Waals surface area contributed by atoms with Crippen molar-refractivity contribution in [1.82, 2.24) is 9.97 Å². The molecular weight excluding hydrogens is 380 g/mol. The molecule has 0 bridgehead atoms. The van der Waals surface area contributed by atoms with E-state index in [1.807, 2.05) is 18.5 Å². The number of ether oxygens (including phenoxy) is 3. The Kier molecular flexibility index (Phi) is 4.19. The van der Waals surface area contributed by atoms with Crippen LogP contribution in [0, 0.1) is 11.8 Å². The van der Waals surface area contributed by atoms with E-state index in [-0.39, 0.29) is 24.1 Å². The van der Waals surface area contributed by atoms with Gasteiger partial charge in [0.1, 0.15) is 30.3 Å². The smallest absolute Gasteiger partial charge is 0.283 e. The van der Waals surface area contributed by atoms with E-state index in [1.54, 1.807) is 0 Å². The highest BCUT2D eigenvalue weighted by atomic mass is 16.5. The number of nitrogens with zero attached hydrogens (tertiary/aromatic N) is 3. The zero-order valence-electron chi connectivity index (χ0n) is 16.9. The van der Waals surface area contributed by atoms with Crippen LogP contribution in [0.25, 0.3) is 11.1 Å². The molecule has 2 aliphatic heterocycles. The van der Waals surface area contributed by atoms with Gasteiger partial charge in [-0.1, -0.05) is 6.07 Å². The van der Waals surface area contributed by atoms with Gasteiger partial charge in [0.25, 0.3) is 6.02 Å². The summed E-state index contributed by atoms with van der Waals surface area (Å²) in [6.07, 6.45) is 11.0. The van der Waals surface area contributed by atoms with Crippen molar-refractivity contribution in [3.05, 3.63) is 42.5 Å². The van der Waals surface area contributed by atoms with Crippen LogP contribution >= 0.6 is 0 Å². The van der Waals surface area contributed by atoms with Gasteiger partial charge in [-0.3, -0.25) is 0 Å². The molecule has 30 heavy (non-hydrogen) atoms. The molecule has 2 fully saturated rings. The van der Waals surface area contributed by atoms with Crippen molar-refractivity contribution in [2.24, 2.45) is 22.6 Å². The molecule has 3 heterocycles. The van der Waals surface area contributed by atoms with Crippen molar-refractivity contribution in [1.29, 1.82) is 0 Å². The maximum Gasteiger partial charge on any atom is 0.283 e. The number of hydrogen-bond donors (Lipinski definition) is 1. The third-order valence-corrected chi connectivity index (χ3v) is 6.98. The summed E-state index contributed by atoms with van der Waals surface area (Å²) in [7, 11) is 0. The lowest BCUT2D eigenvalue weighted by molar-refractivity contribution is -0.0643. The van der Waals surface area contributed by atoms with Gasteiger partial charge in [-0.05, 0) is 55.7 Å². The van der Waals surface area contributed by atoms with E-state index in [9.17, 15) is 0 Å². The van der Waals surface area contributed by atoms with Crippen molar-refractivity contribution < 1.29 is 14.2 Å². The largest absolute Gasteiger partial charge is 0.490 e. The van der Waals surface area contributed by atoms with E-state index in [0.29, 0.717) is 6.61 Å². The predicted octanol–water partition coefficient (Wildman–Crippen LogP) is 3.04. The Hall–Kier alpha value is -2.67. The lowest BCUT2D eigenvalue weighted by atomic mass is 9.67. The van der Waals surface area contributed by atoms with Crippen molar-refractivity contribution in [3.8, 4) is 16.9 Å². The molecule has 1 aromatic heterocycles. The van der Waals surface area contributed by atoms with E-state index < -0.39 is 5.54 Å². The highest BCUT2D eigenvalue weighted by molar-refractivity contribution is 5.75. The molecule has 2 saturated carbocycles. The average molecular weight is 406 g/mol. The Morgan fingerprint density at radius 3 is 2.73 bits per heavy atom. The minimum Gasteiger partial charge on any atom is -0.490 e. The van der Waals surface area contributed by atoms with Crippen LogP contribution in [0.1, 0.15) is 37.7 Å². The van der Waals surface area contributed by atoms with E-state index in [0.717, 1.165) is 54.2 Å². The van der Waals surface area contributed by atoms with Crippen LogP contribution in [0.5, 0.6) is 5.75 Å². The van der Waals surface area contributed by atoms with Gasteiger partial charge in [-0.25, -0.2) is 15.0 Å². The monoisotopic (exact) mass is 406 g/mol. The molecule has 4 atom stereocenters. The van der Waals surface area contributed by atoms with Gasteiger partial charge in [-0.15, -0.1) is 0 Å². The quantitative estimate of drug-likeness (QED) is 0.839. The van der Waals surface area contributed by atoms with Crippen LogP contribution < -0.4 is 10.5 Å². The zero-order valence-corrected chi connectivity index (χ0v) is 16.9. The van der Waals surface area contributed by atoms with E-state index >= 15 is 0 Å². The molecule has 4 aliphatic rings. The summed E-state index contributed by atoms with van der Waals surface area (Å²) in [6, 6.07) is 6.49. The van der Waals surface area contributed by atoms with Gasteiger partial charge in [0, 0.05) is 36.0 Å². The normalized spacial score (nSPS) is 32.0. The third kappa shape index (κ3) is 3.03. The first kappa shape index (κ1) is 18.1. The molecule has 7 heteroatoms. The molecule has 6 rings (SSSR count). The molecule has 2 aliphatic carbocycles. The summed E-state index contributed by atoms with van der Waals surface area (Å²) in [4.78, 5) is 13.2. The maximum atomic E-state index is 6.48. The van der Waals surface area contributed by atoms with Gasteiger partial charge in [0.2, 0.25) is 0 Å². The summed E-state index contributed by atoms with van der Waals surface area (Å²) < 4.78 is 18.5. The third-order valence-electron chi connectivity index (χ3n) is 6.98. The van der Waals surface area contributed by atoms with Crippen LogP contribution in [-0.2, 0) is 15.0 Å². The van der Waals surface area contributed by atoms with Gasteiger partial charge < -0.3 is 19.9 Å². The fraction of sp³-hybridized carbons (Fsp3) is 0.522. The fourth-order valence-corrected chi connectivity index (χ4v) is 5.19. The molecule has 2 N–H and O–H groups in total. The molecule has 0 radical (unpaired) electrons. The molecule has 0 saturated heterocycles. The van der Waals surface area contributed by atoms with Crippen LogP contribution in [-0.4, -0.2) is 41.4 Å². The summed E-state index contributed by atoms with van der Waals surface area (Å²) in [5.41, 5.74) is 8.55. The number of nitrogens with two attached hydrogens (primary N) is 1. The van der Waals surface area contributed by atoms with Gasteiger partial charge >= 0.3 is 0 Å². The lowest BCUT2D eigenvalue weighted by Crippen LogP contribution is -2.52. The fourth-order valence-electron chi connectivity index (χ4n) is 5.19. The summed E-state index contributed by atoms with van der Waals surface area (Å²) in [5, 5.41) is 0. The number of benzene rings is 1. The Morgan fingerprint density at radius 2 is 1.97 bits per heavy atom. The van der Waals surface area contributed by atoms with E-state index in [1.165, 1.54) is 19.2 Å². The minimum atomic E-state index is -0.532. The topological polar surface area (TPSA) is 91.9 Å². The average Bonchev–Trinajstić information content (AvgIpc) is 3.54. The first-order valence-electron chi connectivity index (χ1n) is 10.9. The zero-order chi connectivity index (χ0) is 20.1. The Morgan fingerprint density at radius 1 is 1.10 bits per heavy atom. The Labute approximate surface area is 175 Å². The number of aromatic nitrogens is 2. The lowest BCUT2D eigenvalue weighted by Gasteiger charge is -2.48. The molecule has 7 nitrogen and oxygen atoms in total. The number of aliphatic imine (C=N–C) groups is 1. The SMILES string of the molecule is NC1=N[C@]2(CO1)c1cc(-c3cncnc3)ccc1O[C@H]1CCC(OCC3CC3)C[C@@H]12. The summed E-state index contributed by atoms with van der Waals surface area (Å²) in [6.45, 7) is 1.33. The second kappa shape index (κ2) is 6.94. The predicted molar refractivity (Wildman–Crippen MR) is 111 cm³/mol. The standard InChI is InChI=1S/C23H26N4O3/c24-22-27-23(12-29-22)18-7-15(16-9-25-13-26-10-16)3-5-20(18)30-21-6-4-17(8-19(21)23)28-11-14-1-2-14/h3,5,7,9-10,13-14,17,19,21H,1-2,4,6,8,11-12H2,(H2,24,27)/t17?,19-,21-,23+/m0/s1. The number of fused-ring (bicyclic) bond motifs is 4. The summed E-state index contributed by atoms with van der Waals surface area (Å²) in [5.74, 6) is 1.81. The van der Waals surface area contributed by atoms with Crippen LogP contribution in [0.4, 0.5) is 0 Å². The number of amidine groups is 1. The molecule has 0 amide bonds.